The van der Waals surface area contributed by atoms with Crippen LogP contribution in [0.3, 0.4) is 0 Å². The van der Waals surface area contributed by atoms with Gasteiger partial charge < -0.3 is 20.3 Å². The minimum Gasteiger partial charge on any atom is -0.450 e. The Morgan fingerprint density at radius 2 is 1.71 bits per heavy atom. The molecule has 3 amide bonds. The van der Waals surface area contributed by atoms with Gasteiger partial charge in [-0.2, -0.15) is 0 Å². The number of nitrogens with one attached hydrogen (secondary N) is 2. The zero-order chi connectivity index (χ0) is 20.7. The predicted octanol–water partition coefficient (Wildman–Crippen LogP) is 2.37. The van der Waals surface area contributed by atoms with Gasteiger partial charge in [0.1, 0.15) is 5.41 Å². The molecule has 1 heterocycles. The molecule has 0 radical (unpaired) electrons. The molecule has 0 unspecified atom stereocenters. The lowest BCUT2D eigenvalue weighted by atomic mass is 9.90. The summed E-state index contributed by atoms with van der Waals surface area (Å²) in [4.78, 5) is 38.6. The van der Waals surface area contributed by atoms with Crippen LogP contribution in [-0.4, -0.2) is 48.5 Å². The van der Waals surface area contributed by atoms with Crippen LogP contribution in [0.25, 0.3) is 0 Å². The van der Waals surface area contributed by atoms with Gasteiger partial charge in [-0.15, -0.1) is 0 Å². The Hall–Kier alpha value is -2.57. The van der Waals surface area contributed by atoms with E-state index in [1.807, 2.05) is 31.2 Å². The molecule has 1 aliphatic rings. The number of hydrogen-bond donors (Lipinski definition) is 2. The van der Waals surface area contributed by atoms with Crippen molar-refractivity contribution in [3.05, 3.63) is 35.4 Å². The van der Waals surface area contributed by atoms with E-state index >= 15 is 0 Å². The zero-order valence-corrected chi connectivity index (χ0v) is 17.2. The van der Waals surface area contributed by atoms with Crippen LogP contribution in [0.1, 0.15) is 44.7 Å². The van der Waals surface area contributed by atoms with E-state index in [9.17, 15) is 14.4 Å². The van der Waals surface area contributed by atoms with Crippen LogP contribution in [0, 0.1) is 12.3 Å². The smallest absolute Gasteiger partial charge is 0.409 e. The molecule has 0 saturated carbocycles. The van der Waals surface area contributed by atoms with Gasteiger partial charge in [-0.05, 0) is 46.1 Å². The Balaban J connectivity index is 1.82. The number of benzene rings is 1. The molecule has 7 nitrogen and oxygen atoms in total. The van der Waals surface area contributed by atoms with Gasteiger partial charge in [0, 0.05) is 25.7 Å². The second kappa shape index (κ2) is 9.57. The second-order valence-corrected chi connectivity index (χ2v) is 7.73. The molecular weight excluding hydrogens is 358 g/mol. The van der Waals surface area contributed by atoms with Gasteiger partial charge in [-0.25, -0.2) is 4.79 Å². The van der Waals surface area contributed by atoms with Crippen molar-refractivity contribution in [2.75, 3.05) is 19.7 Å². The fourth-order valence-electron chi connectivity index (χ4n) is 3.00. The number of rotatable bonds is 6. The summed E-state index contributed by atoms with van der Waals surface area (Å²) in [5, 5.41) is 5.80. The lowest BCUT2D eigenvalue weighted by Crippen LogP contribution is -2.53. The highest BCUT2D eigenvalue weighted by Crippen LogP contribution is 2.19. The number of carbonyl (C=O) groups excluding carboxylic acids is 3. The van der Waals surface area contributed by atoms with Crippen LogP contribution in [0.2, 0.25) is 0 Å². The molecule has 7 heteroatoms. The third kappa shape index (κ3) is 5.71. The largest absolute Gasteiger partial charge is 0.450 e. The first-order valence-corrected chi connectivity index (χ1v) is 9.80. The number of carbonyl (C=O) groups is 3. The number of aryl methyl sites for hydroxylation is 1. The van der Waals surface area contributed by atoms with Gasteiger partial charge in [0.25, 0.3) is 0 Å². The maximum Gasteiger partial charge on any atom is 0.409 e. The van der Waals surface area contributed by atoms with Crippen molar-refractivity contribution in [1.82, 2.24) is 15.5 Å². The molecule has 0 aliphatic carbocycles. The summed E-state index contributed by atoms with van der Waals surface area (Å²) in [6.45, 7) is 8.83. The number of amides is 3. The molecule has 1 aromatic rings. The first-order chi connectivity index (χ1) is 13.2. The van der Waals surface area contributed by atoms with Gasteiger partial charge in [0.15, 0.2) is 0 Å². The van der Waals surface area contributed by atoms with Crippen molar-refractivity contribution < 1.29 is 19.1 Å². The van der Waals surface area contributed by atoms with E-state index in [-0.39, 0.29) is 23.9 Å². The van der Waals surface area contributed by atoms with Gasteiger partial charge in [0.2, 0.25) is 11.8 Å². The Morgan fingerprint density at radius 1 is 1.11 bits per heavy atom. The molecule has 1 fully saturated rings. The minimum atomic E-state index is -1.18. The van der Waals surface area contributed by atoms with Crippen molar-refractivity contribution in [3.8, 4) is 0 Å². The molecule has 2 N–H and O–H groups in total. The molecule has 28 heavy (non-hydrogen) atoms. The van der Waals surface area contributed by atoms with E-state index in [0.717, 1.165) is 11.1 Å². The number of ether oxygens (including phenoxy) is 1. The molecule has 1 aliphatic heterocycles. The lowest BCUT2D eigenvalue weighted by Gasteiger charge is -2.33. The topological polar surface area (TPSA) is 87.7 Å². The van der Waals surface area contributed by atoms with Gasteiger partial charge >= 0.3 is 6.09 Å². The van der Waals surface area contributed by atoms with Crippen LogP contribution in [0.15, 0.2) is 24.3 Å². The Labute approximate surface area is 166 Å². The summed E-state index contributed by atoms with van der Waals surface area (Å²) in [6.07, 6.45) is 0.972. The van der Waals surface area contributed by atoms with Crippen molar-refractivity contribution in [2.24, 2.45) is 5.41 Å². The molecule has 1 aromatic carbocycles. The maximum absolute atomic E-state index is 12.7. The predicted molar refractivity (Wildman–Crippen MR) is 107 cm³/mol. The highest BCUT2D eigenvalue weighted by Gasteiger charge is 2.37. The highest BCUT2D eigenvalue weighted by atomic mass is 16.6. The molecule has 0 bridgehead atoms. The first-order valence-electron chi connectivity index (χ1n) is 9.80. The summed E-state index contributed by atoms with van der Waals surface area (Å²) >= 11 is 0. The van der Waals surface area contributed by atoms with E-state index in [1.165, 1.54) is 0 Å². The number of likely N-dealkylation sites (tertiary alicyclic amines) is 1. The summed E-state index contributed by atoms with van der Waals surface area (Å²) in [5.41, 5.74) is 0.966. The summed E-state index contributed by atoms with van der Waals surface area (Å²) in [7, 11) is 0. The molecule has 0 atom stereocenters. The van der Waals surface area contributed by atoms with Gasteiger partial charge in [-0.1, -0.05) is 29.8 Å². The van der Waals surface area contributed by atoms with Crippen molar-refractivity contribution in [1.29, 1.82) is 0 Å². The Kier molecular flexibility index (Phi) is 7.43. The number of hydrogen-bond acceptors (Lipinski definition) is 4. The second-order valence-electron chi connectivity index (χ2n) is 7.73. The third-order valence-electron chi connectivity index (χ3n) is 5.07. The van der Waals surface area contributed by atoms with E-state index in [2.05, 4.69) is 10.6 Å². The lowest BCUT2D eigenvalue weighted by molar-refractivity contribution is -0.142. The van der Waals surface area contributed by atoms with E-state index in [4.69, 9.17) is 4.74 Å². The van der Waals surface area contributed by atoms with Crippen molar-refractivity contribution in [3.63, 3.8) is 0 Å². The van der Waals surface area contributed by atoms with Crippen molar-refractivity contribution in [2.45, 2.75) is 53.1 Å². The minimum absolute atomic E-state index is 0.0534. The Bertz CT molecular complexity index is 692. The van der Waals surface area contributed by atoms with Crippen molar-refractivity contribution >= 4 is 17.9 Å². The monoisotopic (exact) mass is 389 g/mol. The third-order valence-corrected chi connectivity index (χ3v) is 5.07. The normalized spacial score (nSPS) is 15.1. The molecule has 0 spiro atoms. The van der Waals surface area contributed by atoms with Crippen LogP contribution in [-0.2, 0) is 20.9 Å². The number of nitrogens with zero attached hydrogens (tertiary/aromatic N) is 1. The van der Waals surface area contributed by atoms with E-state index < -0.39 is 5.41 Å². The highest BCUT2D eigenvalue weighted by molar-refractivity contribution is 6.04. The van der Waals surface area contributed by atoms with Crippen LogP contribution >= 0.6 is 0 Å². The summed E-state index contributed by atoms with van der Waals surface area (Å²) in [5.74, 6) is -0.613. The molecule has 154 valence electrons. The zero-order valence-electron chi connectivity index (χ0n) is 17.2. The van der Waals surface area contributed by atoms with Crippen LogP contribution < -0.4 is 10.6 Å². The summed E-state index contributed by atoms with van der Waals surface area (Å²) in [6, 6.07) is 7.84. The quantitative estimate of drug-likeness (QED) is 0.731. The van der Waals surface area contributed by atoms with Gasteiger partial charge in [-0.3, -0.25) is 9.59 Å². The first kappa shape index (κ1) is 21.7. The number of piperidine rings is 1. The molecule has 0 aromatic heterocycles. The van der Waals surface area contributed by atoms with E-state index in [1.54, 1.807) is 25.7 Å². The van der Waals surface area contributed by atoms with E-state index in [0.29, 0.717) is 39.1 Å². The standard InChI is InChI=1S/C21H31N3O4/c1-5-28-20(27)24-12-10-17(11-13-24)23-19(26)21(3,4)18(25)22-14-16-8-6-15(2)7-9-16/h6-9,17H,5,10-14H2,1-4H3,(H,22,25)(H,23,26). The maximum atomic E-state index is 12.7. The average Bonchev–Trinajstić information content (AvgIpc) is 2.68. The van der Waals surface area contributed by atoms with Crippen LogP contribution in [0.4, 0.5) is 4.79 Å². The SMILES string of the molecule is CCOC(=O)N1CCC(NC(=O)C(C)(C)C(=O)NCc2ccc(C)cc2)CC1. The molecule has 1 saturated heterocycles. The average molecular weight is 389 g/mol. The molecular formula is C21H31N3O4. The Morgan fingerprint density at radius 3 is 2.29 bits per heavy atom. The summed E-state index contributed by atoms with van der Waals surface area (Å²) < 4.78 is 5.00. The van der Waals surface area contributed by atoms with Crippen LogP contribution in [0.5, 0.6) is 0 Å². The fraction of sp³-hybridized carbons (Fsp3) is 0.571. The fourth-order valence-corrected chi connectivity index (χ4v) is 3.00. The molecule has 2 rings (SSSR count). The van der Waals surface area contributed by atoms with Gasteiger partial charge in [0.05, 0.1) is 6.61 Å².